The zero-order valence-corrected chi connectivity index (χ0v) is 9.55. The Balaban J connectivity index is 2.38. The van der Waals surface area contributed by atoms with E-state index < -0.39 is 5.92 Å². The summed E-state index contributed by atoms with van der Waals surface area (Å²) in [6, 6.07) is 0. The normalized spacial score (nSPS) is 13.4. The number of carbonyl (C=O) groups is 1. The highest BCUT2D eigenvalue weighted by atomic mass is 16.4. The van der Waals surface area contributed by atoms with Crippen LogP contribution >= 0.6 is 0 Å². The Morgan fingerprint density at radius 2 is 2.53 bits per heavy atom. The van der Waals surface area contributed by atoms with Gasteiger partial charge in [-0.3, -0.25) is 9.89 Å². The molecule has 0 spiro atoms. The molecule has 8 heteroatoms. The molecule has 8 nitrogen and oxygen atoms in total. The number of H-pyrrole nitrogens is 1. The number of nitrogens with two attached hydrogens (primary N) is 1. The highest BCUT2D eigenvalue weighted by Gasteiger charge is 2.20. The predicted molar refractivity (Wildman–Crippen MR) is 60.3 cm³/mol. The van der Waals surface area contributed by atoms with Crippen molar-refractivity contribution in [2.75, 3.05) is 6.54 Å². The van der Waals surface area contributed by atoms with Crippen molar-refractivity contribution in [2.45, 2.75) is 19.8 Å². The van der Waals surface area contributed by atoms with Gasteiger partial charge in [0, 0.05) is 13.0 Å². The van der Waals surface area contributed by atoms with Gasteiger partial charge in [0.2, 0.25) is 5.91 Å². The van der Waals surface area contributed by atoms with Gasteiger partial charge in [-0.2, -0.15) is 5.10 Å². The number of carbonyl (C=O) groups excluding carboxylic acids is 1. The monoisotopic (exact) mass is 240 g/mol. The number of nitrogens with zero attached hydrogens (tertiary/aromatic N) is 3. The average Bonchev–Trinajstić information content (AvgIpc) is 2.82. The summed E-state index contributed by atoms with van der Waals surface area (Å²) in [6.45, 7) is 2.21. The van der Waals surface area contributed by atoms with Gasteiger partial charge in [-0.1, -0.05) is 12.1 Å². The summed E-state index contributed by atoms with van der Waals surface area (Å²) in [6.07, 6.45) is 2.44. The number of hydrogen-bond acceptors (Lipinski definition) is 5. The topological polar surface area (TPSA) is 129 Å². The quantitative estimate of drug-likeness (QED) is 0.225. The molecule has 0 aliphatic heterocycles. The number of aromatic amines is 1. The number of hydrogen-bond donors (Lipinski definition) is 4. The van der Waals surface area contributed by atoms with Crippen LogP contribution in [0.3, 0.4) is 0 Å². The fraction of sp³-hybridized carbons (Fsp3) is 0.556. The van der Waals surface area contributed by atoms with E-state index in [4.69, 9.17) is 10.9 Å². The number of nitrogens with one attached hydrogen (secondary N) is 2. The van der Waals surface area contributed by atoms with Crippen molar-refractivity contribution < 1.29 is 10.0 Å². The molecule has 0 aliphatic rings. The van der Waals surface area contributed by atoms with Crippen molar-refractivity contribution in [3.8, 4) is 0 Å². The molecule has 1 amide bonds. The molecule has 1 atom stereocenters. The first-order valence-electron chi connectivity index (χ1n) is 5.28. The third-order valence-electron chi connectivity index (χ3n) is 2.32. The first kappa shape index (κ1) is 12.9. The summed E-state index contributed by atoms with van der Waals surface area (Å²) in [5.74, 6) is -0.246. The van der Waals surface area contributed by atoms with Crippen molar-refractivity contribution in [1.29, 1.82) is 0 Å². The summed E-state index contributed by atoms with van der Waals surface area (Å²) in [4.78, 5) is 15.6. The maximum Gasteiger partial charge on any atom is 0.230 e. The van der Waals surface area contributed by atoms with Crippen molar-refractivity contribution in [1.82, 2.24) is 20.5 Å². The zero-order chi connectivity index (χ0) is 12.7. The molecule has 0 radical (unpaired) electrons. The second-order valence-corrected chi connectivity index (χ2v) is 3.46. The Kier molecular flexibility index (Phi) is 4.92. The molecular weight excluding hydrogens is 224 g/mol. The van der Waals surface area contributed by atoms with Crippen LogP contribution in [-0.2, 0) is 11.2 Å². The van der Waals surface area contributed by atoms with E-state index in [1.165, 1.54) is 6.33 Å². The van der Waals surface area contributed by atoms with E-state index in [1.54, 1.807) is 6.92 Å². The van der Waals surface area contributed by atoms with Crippen molar-refractivity contribution in [2.24, 2.45) is 16.8 Å². The predicted octanol–water partition coefficient (Wildman–Crippen LogP) is -0.764. The Morgan fingerprint density at radius 3 is 3.06 bits per heavy atom. The molecule has 0 saturated heterocycles. The lowest BCUT2D eigenvalue weighted by Gasteiger charge is -2.12. The van der Waals surface area contributed by atoms with E-state index in [0.29, 0.717) is 25.2 Å². The van der Waals surface area contributed by atoms with Gasteiger partial charge in [-0.05, 0) is 6.42 Å². The summed E-state index contributed by atoms with van der Waals surface area (Å²) < 4.78 is 0. The van der Waals surface area contributed by atoms with Gasteiger partial charge in [-0.25, -0.2) is 4.98 Å². The van der Waals surface area contributed by atoms with Gasteiger partial charge in [0.05, 0.1) is 5.92 Å². The van der Waals surface area contributed by atoms with Crippen LogP contribution in [-0.4, -0.2) is 38.7 Å². The van der Waals surface area contributed by atoms with Crippen LogP contribution in [0, 0.1) is 5.92 Å². The molecule has 0 aromatic carbocycles. The molecule has 0 fully saturated rings. The molecule has 5 N–H and O–H groups in total. The minimum Gasteiger partial charge on any atom is -0.409 e. The fourth-order valence-electron chi connectivity index (χ4n) is 1.38. The summed E-state index contributed by atoms with van der Waals surface area (Å²) in [5.41, 5.74) is 5.41. The smallest absolute Gasteiger partial charge is 0.230 e. The van der Waals surface area contributed by atoms with Crippen molar-refractivity contribution in [3.63, 3.8) is 0 Å². The number of rotatable bonds is 6. The van der Waals surface area contributed by atoms with Crippen LogP contribution < -0.4 is 11.1 Å². The van der Waals surface area contributed by atoms with Gasteiger partial charge < -0.3 is 16.3 Å². The fourth-order valence-corrected chi connectivity index (χ4v) is 1.38. The number of amidine groups is 1. The lowest BCUT2D eigenvalue weighted by atomic mass is 10.0. The lowest BCUT2D eigenvalue weighted by Crippen LogP contribution is -2.39. The third-order valence-corrected chi connectivity index (χ3v) is 2.32. The molecule has 1 aromatic rings. The van der Waals surface area contributed by atoms with Crippen molar-refractivity contribution >= 4 is 11.7 Å². The Morgan fingerprint density at radius 1 is 1.76 bits per heavy atom. The molecule has 0 aliphatic carbocycles. The average molecular weight is 240 g/mol. The minimum absolute atomic E-state index is 0.0790. The van der Waals surface area contributed by atoms with Crippen LogP contribution in [0.5, 0.6) is 0 Å². The number of amides is 1. The van der Waals surface area contributed by atoms with Gasteiger partial charge in [0.25, 0.3) is 0 Å². The van der Waals surface area contributed by atoms with Crippen LogP contribution in [0.15, 0.2) is 11.5 Å². The Hall–Kier alpha value is -2.12. The maximum atomic E-state index is 11.7. The first-order valence-corrected chi connectivity index (χ1v) is 5.28. The maximum absolute atomic E-state index is 11.7. The second kappa shape index (κ2) is 6.46. The zero-order valence-electron chi connectivity index (χ0n) is 9.55. The lowest BCUT2D eigenvalue weighted by molar-refractivity contribution is -0.123. The summed E-state index contributed by atoms with van der Waals surface area (Å²) in [5, 5.41) is 20.4. The van der Waals surface area contributed by atoms with Gasteiger partial charge in [0.1, 0.15) is 12.2 Å². The Labute approximate surface area is 98.3 Å². The highest BCUT2D eigenvalue weighted by molar-refractivity contribution is 6.01. The number of aromatic nitrogens is 3. The molecule has 1 unspecified atom stereocenters. The number of oxime groups is 1. The molecule has 1 aromatic heterocycles. The van der Waals surface area contributed by atoms with Crippen LogP contribution in [0.2, 0.25) is 0 Å². The second-order valence-electron chi connectivity index (χ2n) is 3.46. The van der Waals surface area contributed by atoms with E-state index in [9.17, 15) is 4.79 Å². The van der Waals surface area contributed by atoms with E-state index in [1.807, 2.05) is 0 Å². The largest absolute Gasteiger partial charge is 0.409 e. The molecule has 1 rings (SSSR count). The van der Waals surface area contributed by atoms with Crippen LogP contribution in [0.4, 0.5) is 0 Å². The van der Waals surface area contributed by atoms with E-state index in [2.05, 4.69) is 25.7 Å². The standard InChI is InChI=1S/C9H16N6O2/c1-2-6(8(10)15-17)9(16)11-4-3-7-12-5-13-14-7/h5-6,17H,2-4H2,1H3,(H2,10,15)(H,11,16)(H,12,13,14). The van der Waals surface area contributed by atoms with Gasteiger partial charge >= 0.3 is 0 Å². The molecular formula is C9H16N6O2. The molecule has 1 heterocycles. The molecule has 0 bridgehead atoms. The van der Waals surface area contributed by atoms with E-state index in [0.717, 1.165) is 0 Å². The van der Waals surface area contributed by atoms with Crippen LogP contribution in [0.1, 0.15) is 19.2 Å². The Bertz CT molecular complexity index is 375. The van der Waals surface area contributed by atoms with E-state index in [-0.39, 0.29) is 11.7 Å². The van der Waals surface area contributed by atoms with Crippen LogP contribution in [0.25, 0.3) is 0 Å². The van der Waals surface area contributed by atoms with Gasteiger partial charge in [0.15, 0.2) is 5.84 Å². The highest BCUT2D eigenvalue weighted by Crippen LogP contribution is 2.02. The van der Waals surface area contributed by atoms with Gasteiger partial charge in [-0.15, -0.1) is 0 Å². The first-order chi connectivity index (χ1) is 8.19. The molecule has 17 heavy (non-hydrogen) atoms. The molecule has 94 valence electrons. The summed E-state index contributed by atoms with van der Waals surface area (Å²) >= 11 is 0. The SMILES string of the molecule is CCC(C(=O)NCCc1ncn[nH]1)C(N)=NO. The third kappa shape index (κ3) is 3.74. The van der Waals surface area contributed by atoms with E-state index >= 15 is 0 Å². The molecule has 0 saturated carbocycles. The summed E-state index contributed by atoms with van der Waals surface area (Å²) in [7, 11) is 0. The minimum atomic E-state index is -0.602. The van der Waals surface area contributed by atoms with Crippen molar-refractivity contribution in [3.05, 3.63) is 12.2 Å².